The molecule has 4 N–H and O–H groups in total. The first kappa shape index (κ1) is 42.1. The van der Waals surface area contributed by atoms with Gasteiger partial charge in [0.1, 0.15) is 11.5 Å². The van der Waals surface area contributed by atoms with E-state index in [4.69, 9.17) is 9.47 Å². The molecule has 0 fully saturated rings. The fraction of sp³-hybridized carbons (Fsp3) is 0.600. The zero-order valence-electron chi connectivity index (χ0n) is 34.8. The van der Waals surface area contributed by atoms with Gasteiger partial charge in [-0.2, -0.15) is 0 Å². The standard InChI is InChI=1S/C45H68N4O4/c1-30(2)46-21-19-32-25-48-34-15-13-17-36(40(32)34)52-38(50)23-42(5,6)27-44(9,10)29-45(11,12)28-43(7,8)24-39(51)53-37-18-14-16-35-41(37)33(26-49-35)20-22-47-31(3)4/h13-18,25-26,30-31,46-49H,19-24,27-29H2,1-12H3. The number of H-pyrrole nitrogens is 2. The Morgan fingerprint density at radius 2 is 0.943 bits per heavy atom. The monoisotopic (exact) mass is 729 g/mol. The molecule has 2 aromatic heterocycles. The van der Waals surface area contributed by atoms with Crippen molar-refractivity contribution >= 4 is 33.7 Å². The van der Waals surface area contributed by atoms with Crippen molar-refractivity contribution < 1.29 is 19.1 Å². The van der Waals surface area contributed by atoms with E-state index < -0.39 is 0 Å². The highest BCUT2D eigenvalue weighted by molar-refractivity contribution is 5.92. The number of esters is 2. The first-order valence-corrected chi connectivity index (χ1v) is 19.7. The molecule has 0 aliphatic rings. The Balaban J connectivity index is 1.33. The molecule has 0 atom stereocenters. The van der Waals surface area contributed by atoms with E-state index in [1.165, 1.54) is 0 Å². The molecule has 0 saturated heterocycles. The first-order chi connectivity index (χ1) is 24.6. The summed E-state index contributed by atoms with van der Waals surface area (Å²) in [6, 6.07) is 12.5. The van der Waals surface area contributed by atoms with E-state index in [0.29, 0.717) is 36.4 Å². The number of ether oxygens (including phenoxy) is 2. The number of carbonyl (C=O) groups excluding carboxylic acids is 2. The minimum atomic E-state index is -0.269. The zero-order valence-corrected chi connectivity index (χ0v) is 34.8. The molecular weight excluding hydrogens is 661 g/mol. The highest BCUT2D eigenvalue weighted by Crippen LogP contribution is 2.48. The van der Waals surface area contributed by atoms with E-state index in [1.807, 2.05) is 48.8 Å². The summed E-state index contributed by atoms with van der Waals surface area (Å²) in [6.07, 6.45) is 9.05. The van der Waals surface area contributed by atoms with Gasteiger partial charge in [-0.3, -0.25) is 9.59 Å². The van der Waals surface area contributed by atoms with Crippen LogP contribution in [0.5, 0.6) is 11.5 Å². The number of nitrogens with one attached hydrogen (secondary N) is 4. The van der Waals surface area contributed by atoms with Crippen LogP contribution in [0.3, 0.4) is 0 Å². The van der Waals surface area contributed by atoms with Crippen molar-refractivity contribution in [3.8, 4) is 11.5 Å². The lowest BCUT2D eigenvalue weighted by atomic mass is 9.63. The third-order valence-corrected chi connectivity index (χ3v) is 9.96. The smallest absolute Gasteiger partial charge is 0.311 e. The molecule has 2 heterocycles. The second kappa shape index (κ2) is 17.2. The highest BCUT2D eigenvalue weighted by Gasteiger charge is 2.38. The average Bonchev–Trinajstić information content (AvgIpc) is 3.59. The van der Waals surface area contributed by atoms with Crippen molar-refractivity contribution in [3.05, 3.63) is 59.9 Å². The average molecular weight is 729 g/mol. The maximum absolute atomic E-state index is 13.5. The Hall–Kier alpha value is -3.62. The predicted octanol–water partition coefficient (Wildman–Crippen LogP) is 10.3. The van der Waals surface area contributed by atoms with Crippen LogP contribution < -0.4 is 20.1 Å². The first-order valence-electron chi connectivity index (χ1n) is 19.7. The SMILES string of the molecule is CC(C)NCCc1c[nH]c2cccc(OC(=O)CC(C)(C)CC(C)(C)CC(C)(C)CC(C)(C)CC(=O)Oc3cccc4[nH]cc(CCNC(C)C)c34)c12. The van der Waals surface area contributed by atoms with E-state index in [-0.39, 0.29) is 33.6 Å². The second-order valence-corrected chi connectivity index (χ2v) is 19.2. The lowest BCUT2D eigenvalue weighted by Gasteiger charge is -2.42. The molecule has 0 amide bonds. The molecule has 4 rings (SSSR count). The molecule has 0 aliphatic heterocycles. The zero-order chi connectivity index (χ0) is 39.2. The highest BCUT2D eigenvalue weighted by atomic mass is 16.5. The van der Waals surface area contributed by atoms with Crippen molar-refractivity contribution in [3.63, 3.8) is 0 Å². The quantitative estimate of drug-likeness (QED) is 0.0533. The molecule has 4 aromatic rings. The number of hydrogen-bond acceptors (Lipinski definition) is 6. The summed E-state index contributed by atoms with van der Waals surface area (Å²) < 4.78 is 12.1. The van der Waals surface area contributed by atoms with Gasteiger partial charge in [0.15, 0.2) is 0 Å². The van der Waals surface area contributed by atoms with Gasteiger partial charge in [-0.15, -0.1) is 0 Å². The normalized spacial score (nSPS) is 13.1. The number of fused-ring (bicyclic) bond motifs is 2. The molecule has 8 nitrogen and oxygen atoms in total. The van der Waals surface area contributed by atoms with E-state index in [0.717, 1.165) is 78.1 Å². The maximum atomic E-state index is 13.5. The number of aromatic amines is 2. The number of benzene rings is 2. The number of carbonyl (C=O) groups is 2. The maximum Gasteiger partial charge on any atom is 0.311 e. The van der Waals surface area contributed by atoms with E-state index in [1.54, 1.807) is 0 Å². The van der Waals surface area contributed by atoms with E-state index in [9.17, 15) is 9.59 Å². The minimum Gasteiger partial charge on any atom is -0.426 e. The minimum absolute atomic E-state index is 0.0497. The van der Waals surface area contributed by atoms with Gasteiger partial charge < -0.3 is 30.1 Å². The van der Waals surface area contributed by atoms with Crippen LogP contribution >= 0.6 is 0 Å². The fourth-order valence-corrected chi connectivity index (χ4v) is 9.23. The molecule has 53 heavy (non-hydrogen) atoms. The Kier molecular flexibility index (Phi) is 13.7. The summed E-state index contributed by atoms with van der Waals surface area (Å²) >= 11 is 0. The second-order valence-electron chi connectivity index (χ2n) is 19.2. The summed E-state index contributed by atoms with van der Waals surface area (Å²) in [6.45, 7) is 28.1. The van der Waals surface area contributed by atoms with Crippen LogP contribution in [0.15, 0.2) is 48.8 Å². The van der Waals surface area contributed by atoms with Crippen molar-refractivity contribution in [1.29, 1.82) is 0 Å². The van der Waals surface area contributed by atoms with Crippen molar-refractivity contribution in [1.82, 2.24) is 20.6 Å². The summed E-state index contributed by atoms with van der Waals surface area (Å²) in [4.78, 5) is 33.6. The molecule has 8 heteroatoms. The lowest BCUT2D eigenvalue weighted by Crippen LogP contribution is -2.33. The van der Waals surface area contributed by atoms with Gasteiger partial charge in [0.25, 0.3) is 0 Å². The van der Waals surface area contributed by atoms with Gasteiger partial charge in [-0.25, -0.2) is 0 Å². The summed E-state index contributed by atoms with van der Waals surface area (Å²) in [5.41, 5.74) is 3.61. The third-order valence-electron chi connectivity index (χ3n) is 9.96. The molecule has 0 aliphatic carbocycles. The lowest BCUT2D eigenvalue weighted by molar-refractivity contribution is -0.137. The Bertz CT molecular complexity index is 1690. The van der Waals surface area contributed by atoms with Crippen LogP contribution in [-0.2, 0) is 22.4 Å². The molecule has 292 valence electrons. The third kappa shape index (κ3) is 12.7. The predicted molar refractivity (Wildman–Crippen MR) is 220 cm³/mol. The van der Waals surface area contributed by atoms with Crippen LogP contribution in [0.1, 0.15) is 126 Å². The van der Waals surface area contributed by atoms with Crippen LogP contribution in [0.25, 0.3) is 21.8 Å². The molecule has 0 unspecified atom stereocenters. The number of aromatic nitrogens is 2. The van der Waals surface area contributed by atoms with Gasteiger partial charge in [-0.1, -0.05) is 95.2 Å². The van der Waals surface area contributed by atoms with Gasteiger partial charge in [0.05, 0.1) is 12.8 Å². The van der Waals surface area contributed by atoms with Crippen LogP contribution in [0.2, 0.25) is 0 Å². The number of hydrogen-bond donors (Lipinski definition) is 4. The van der Waals surface area contributed by atoms with Crippen molar-refractivity contribution in [2.45, 2.75) is 140 Å². The van der Waals surface area contributed by atoms with E-state index >= 15 is 0 Å². The van der Waals surface area contributed by atoms with E-state index in [2.05, 4.69) is 104 Å². The Morgan fingerprint density at radius 1 is 0.585 bits per heavy atom. The van der Waals surface area contributed by atoms with Crippen molar-refractivity contribution in [2.24, 2.45) is 21.7 Å². The molecule has 0 spiro atoms. The van der Waals surface area contributed by atoms with Gasteiger partial charge >= 0.3 is 11.9 Å². The molecule has 2 aromatic carbocycles. The van der Waals surface area contributed by atoms with Gasteiger partial charge in [0.2, 0.25) is 0 Å². The van der Waals surface area contributed by atoms with Crippen LogP contribution in [-0.4, -0.2) is 47.1 Å². The molecule has 0 bridgehead atoms. The van der Waals surface area contributed by atoms with Gasteiger partial charge in [-0.05, 0) is 102 Å². The molecular formula is C45H68N4O4. The fourth-order valence-electron chi connectivity index (χ4n) is 9.23. The van der Waals surface area contributed by atoms with Crippen LogP contribution in [0.4, 0.5) is 0 Å². The summed E-state index contributed by atoms with van der Waals surface area (Å²) in [5, 5.41) is 8.92. The summed E-state index contributed by atoms with van der Waals surface area (Å²) in [7, 11) is 0. The topological polar surface area (TPSA) is 108 Å². The van der Waals surface area contributed by atoms with Crippen molar-refractivity contribution in [2.75, 3.05) is 13.1 Å². The summed E-state index contributed by atoms with van der Waals surface area (Å²) in [5.74, 6) is 0.822. The molecule has 0 saturated carbocycles. The van der Waals surface area contributed by atoms with Gasteiger partial charge in [0, 0.05) is 46.3 Å². The van der Waals surface area contributed by atoms with Crippen LogP contribution in [0, 0.1) is 21.7 Å². The largest absolute Gasteiger partial charge is 0.426 e. The molecule has 0 radical (unpaired) electrons. The Labute approximate surface area is 319 Å². The number of rotatable bonds is 20. The Morgan fingerprint density at radius 3 is 1.30 bits per heavy atom.